The molecule has 14 heavy (non-hydrogen) atoms. The van der Waals surface area contributed by atoms with Crippen LogP contribution in [0.5, 0.6) is 0 Å². The molecule has 1 N–H and O–H groups in total. The van der Waals surface area contributed by atoms with Crippen LogP contribution < -0.4 is 0 Å². The van der Waals surface area contributed by atoms with Crippen molar-refractivity contribution < 1.29 is 9.90 Å². The summed E-state index contributed by atoms with van der Waals surface area (Å²) in [5.41, 5.74) is 2.87. The van der Waals surface area contributed by atoms with E-state index in [1.165, 1.54) is 0 Å². The molecule has 0 spiro atoms. The van der Waals surface area contributed by atoms with Crippen molar-refractivity contribution in [3.63, 3.8) is 0 Å². The van der Waals surface area contributed by atoms with Crippen molar-refractivity contribution in [2.24, 2.45) is 0 Å². The first kappa shape index (κ1) is 11.4. The van der Waals surface area contributed by atoms with Crippen LogP contribution in [0, 0.1) is 6.92 Å². The fraction of sp³-hybridized carbons (Fsp3) is 0.364. The summed E-state index contributed by atoms with van der Waals surface area (Å²) in [5, 5.41) is 9.47. The number of hydrogen-bond acceptors (Lipinski definition) is 2. The van der Waals surface area contributed by atoms with Gasteiger partial charge in [0.2, 0.25) is 0 Å². The topological polar surface area (TPSA) is 37.3 Å². The fourth-order valence-electron chi connectivity index (χ4n) is 1.41. The van der Waals surface area contributed by atoms with Crippen molar-refractivity contribution in [3.8, 4) is 0 Å². The van der Waals surface area contributed by atoms with Gasteiger partial charge in [-0.05, 0) is 23.6 Å². The lowest BCUT2D eigenvalue weighted by Gasteiger charge is -2.09. The standard InChI is InChI=1S/C11H13BrO2/c1-8-3-2-4-9(7-13)11(8)5-10(14)6-12/h2-4,13H,5-7H2,1H3. The van der Waals surface area contributed by atoms with Crippen LogP contribution in [0.3, 0.4) is 0 Å². The maximum Gasteiger partial charge on any atom is 0.147 e. The zero-order valence-electron chi connectivity index (χ0n) is 8.09. The molecular weight excluding hydrogens is 244 g/mol. The minimum atomic E-state index is -0.00736. The van der Waals surface area contributed by atoms with E-state index in [4.69, 9.17) is 5.11 Å². The first-order valence-electron chi connectivity index (χ1n) is 4.45. The molecule has 0 aliphatic heterocycles. The minimum Gasteiger partial charge on any atom is -0.392 e. The molecule has 1 aromatic carbocycles. The number of rotatable bonds is 4. The predicted octanol–water partition coefficient (Wildman–Crippen LogP) is 1.99. The maximum absolute atomic E-state index is 11.3. The number of aliphatic hydroxyl groups excluding tert-OH is 1. The van der Waals surface area contributed by atoms with Crippen molar-refractivity contribution in [2.45, 2.75) is 20.0 Å². The quantitative estimate of drug-likeness (QED) is 0.837. The van der Waals surface area contributed by atoms with Crippen molar-refractivity contribution >= 4 is 21.7 Å². The Morgan fingerprint density at radius 3 is 2.79 bits per heavy atom. The van der Waals surface area contributed by atoms with Gasteiger partial charge in [-0.15, -0.1) is 0 Å². The van der Waals surface area contributed by atoms with Crippen LogP contribution in [-0.4, -0.2) is 16.2 Å². The number of carbonyl (C=O) groups is 1. The number of alkyl halides is 1. The van der Waals surface area contributed by atoms with E-state index in [0.29, 0.717) is 11.8 Å². The van der Waals surface area contributed by atoms with Gasteiger partial charge in [0.1, 0.15) is 5.78 Å². The highest BCUT2D eigenvalue weighted by molar-refractivity contribution is 9.09. The molecule has 0 heterocycles. The molecule has 0 saturated heterocycles. The second-order valence-electron chi connectivity index (χ2n) is 3.22. The van der Waals surface area contributed by atoms with Gasteiger partial charge in [-0.2, -0.15) is 0 Å². The summed E-state index contributed by atoms with van der Waals surface area (Å²) in [7, 11) is 0. The van der Waals surface area contributed by atoms with Crippen LogP contribution in [-0.2, 0) is 17.8 Å². The summed E-state index contributed by atoms with van der Waals surface area (Å²) in [6.07, 6.45) is 0.397. The third-order valence-corrected chi connectivity index (χ3v) is 2.83. The lowest BCUT2D eigenvalue weighted by atomic mass is 9.98. The molecule has 76 valence electrons. The largest absolute Gasteiger partial charge is 0.392 e. The Balaban J connectivity index is 2.98. The van der Waals surface area contributed by atoms with Crippen LogP contribution in [0.2, 0.25) is 0 Å². The average Bonchev–Trinajstić information content (AvgIpc) is 2.20. The third-order valence-electron chi connectivity index (χ3n) is 2.20. The summed E-state index contributed by atoms with van der Waals surface area (Å²) in [6.45, 7) is 1.95. The highest BCUT2D eigenvalue weighted by Crippen LogP contribution is 2.15. The van der Waals surface area contributed by atoms with Gasteiger partial charge in [0.25, 0.3) is 0 Å². The number of benzene rings is 1. The van der Waals surface area contributed by atoms with Crippen molar-refractivity contribution in [3.05, 3.63) is 34.9 Å². The monoisotopic (exact) mass is 256 g/mol. The van der Waals surface area contributed by atoms with Gasteiger partial charge in [0.05, 0.1) is 11.9 Å². The van der Waals surface area contributed by atoms with Crippen LogP contribution >= 0.6 is 15.9 Å². The van der Waals surface area contributed by atoms with E-state index in [1.54, 1.807) is 0 Å². The second kappa shape index (κ2) is 5.27. The number of hydrogen-bond donors (Lipinski definition) is 1. The number of Topliss-reactive ketones (excluding diaryl/α,β-unsaturated/α-hetero) is 1. The van der Waals surface area contributed by atoms with Crippen LogP contribution in [0.1, 0.15) is 16.7 Å². The van der Waals surface area contributed by atoms with Gasteiger partial charge in [-0.25, -0.2) is 0 Å². The molecule has 3 heteroatoms. The SMILES string of the molecule is Cc1cccc(CO)c1CC(=O)CBr. The Morgan fingerprint density at radius 2 is 2.21 bits per heavy atom. The lowest BCUT2D eigenvalue weighted by Crippen LogP contribution is -2.07. The molecule has 1 aromatic rings. The molecule has 0 unspecified atom stereocenters. The van der Waals surface area contributed by atoms with E-state index >= 15 is 0 Å². The van der Waals surface area contributed by atoms with E-state index in [0.717, 1.165) is 16.7 Å². The summed E-state index contributed by atoms with van der Waals surface area (Å²) in [6, 6.07) is 5.70. The zero-order chi connectivity index (χ0) is 10.6. The van der Waals surface area contributed by atoms with Gasteiger partial charge < -0.3 is 5.11 Å². The molecule has 2 nitrogen and oxygen atoms in total. The predicted molar refractivity (Wildman–Crippen MR) is 59.6 cm³/mol. The van der Waals surface area contributed by atoms with E-state index in [2.05, 4.69) is 15.9 Å². The number of halogens is 1. The molecule has 0 bridgehead atoms. The molecule has 0 atom stereocenters. The molecule has 0 aromatic heterocycles. The summed E-state index contributed by atoms with van der Waals surface area (Å²) >= 11 is 3.13. The van der Waals surface area contributed by atoms with E-state index in [9.17, 15) is 4.79 Å². The van der Waals surface area contributed by atoms with Crippen molar-refractivity contribution in [2.75, 3.05) is 5.33 Å². The summed E-state index contributed by atoms with van der Waals surface area (Å²) in [4.78, 5) is 11.3. The Bertz CT molecular complexity index is 334. The van der Waals surface area contributed by atoms with Crippen molar-refractivity contribution in [1.29, 1.82) is 0 Å². The number of aryl methyl sites for hydroxylation is 1. The lowest BCUT2D eigenvalue weighted by molar-refractivity contribution is -0.115. The zero-order valence-corrected chi connectivity index (χ0v) is 9.67. The Kier molecular flexibility index (Phi) is 4.29. The number of aliphatic hydroxyl groups is 1. The molecule has 0 saturated carbocycles. The summed E-state index contributed by atoms with van der Waals surface area (Å²) < 4.78 is 0. The van der Waals surface area contributed by atoms with E-state index in [-0.39, 0.29) is 12.4 Å². The molecule has 0 radical (unpaired) electrons. The third kappa shape index (κ3) is 2.66. The van der Waals surface area contributed by atoms with Gasteiger partial charge >= 0.3 is 0 Å². The second-order valence-corrected chi connectivity index (χ2v) is 3.78. The van der Waals surface area contributed by atoms with Crippen LogP contribution in [0.25, 0.3) is 0 Å². The first-order valence-corrected chi connectivity index (χ1v) is 5.57. The number of ketones is 1. The molecule has 0 aliphatic carbocycles. The molecule has 0 fully saturated rings. The highest BCUT2D eigenvalue weighted by atomic mass is 79.9. The molecular formula is C11H13BrO2. The van der Waals surface area contributed by atoms with Gasteiger partial charge in [0.15, 0.2) is 0 Å². The van der Waals surface area contributed by atoms with Crippen LogP contribution in [0.15, 0.2) is 18.2 Å². The van der Waals surface area contributed by atoms with Gasteiger partial charge in [0, 0.05) is 6.42 Å². The van der Waals surface area contributed by atoms with E-state index in [1.807, 2.05) is 25.1 Å². The van der Waals surface area contributed by atoms with E-state index < -0.39 is 0 Å². The average molecular weight is 257 g/mol. The van der Waals surface area contributed by atoms with Crippen molar-refractivity contribution in [1.82, 2.24) is 0 Å². The first-order chi connectivity index (χ1) is 6.69. The molecule has 0 amide bonds. The Labute approximate surface area is 92.1 Å². The smallest absolute Gasteiger partial charge is 0.147 e. The van der Waals surface area contributed by atoms with Gasteiger partial charge in [-0.1, -0.05) is 34.1 Å². The summed E-state index contributed by atoms with van der Waals surface area (Å²) in [5.74, 6) is 0.133. The van der Waals surface area contributed by atoms with Gasteiger partial charge in [-0.3, -0.25) is 4.79 Å². The minimum absolute atomic E-state index is 0.00736. The normalized spacial score (nSPS) is 10.2. The Morgan fingerprint density at radius 1 is 1.50 bits per heavy atom. The number of carbonyl (C=O) groups excluding carboxylic acids is 1. The highest BCUT2D eigenvalue weighted by Gasteiger charge is 2.08. The molecule has 0 aliphatic rings. The Hall–Kier alpha value is -0.670. The molecule has 1 rings (SSSR count). The maximum atomic E-state index is 11.3. The van der Waals surface area contributed by atoms with Crippen LogP contribution in [0.4, 0.5) is 0 Å². The fourth-order valence-corrected chi connectivity index (χ4v) is 1.61.